The van der Waals surface area contributed by atoms with Gasteiger partial charge < -0.3 is 9.88 Å². The van der Waals surface area contributed by atoms with Crippen LogP contribution in [0.2, 0.25) is 0 Å². The first-order valence-corrected chi connectivity index (χ1v) is 9.93. The number of imidazole rings is 1. The molecule has 0 bridgehead atoms. The molecule has 2 fully saturated rings. The van der Waals surface area contributed by atoms with Crippen LogP contribution in [0.15, 0.2) is 40.7 Å². The van der Waals surface area contributed by atoms with Gasteiger partial charge in [0.15, 0.2) is 0 Å². The number of nitrogens with zero attached hydrogens (tertiary/aromatic N) is 2. The Morgan fingerprint density at radius 3 is 2.52 bits per heavy atom. The molecule has 2 heterocycles. The number of fused-ring (bicyclic) bond motifs is 1. The van der Waals surface area contributed by atoms with Crippen LogP contribution in [0.25, 0.3) is 11.0 Å². The molecule has 27 heavy (non-hydrogen) atoms. The van der Waals surface area contributed by atoms with Gasteiger partial charge in [-0.2, -0.15) is 0 Å². The Labute approximate surface area is 160 Å². The van der Waals surface area contributed by atoms with Crippen LogP contribution in [-0.2, 0) is 4.79 Å². The quantitative estimate of drug-likeness (QED) is 0.841. The number of allylic oxidation sites excluding steroid dienone is 2. The number of H-pyrrole nitrogens is 1. The summed E-state index contributed by atoms with van der Waals surface area (Å²) in [5, 5.41) is 0. The second-order valence-electron chi connectivity index (χ2n) is 8.94. The average Bonchev–Trinajstić information content (AvgIpc) is 2.98. The summed E-state index contributed by atoms with van der Waals surface area (Å²) in [4.78, 5) is 30.4. The van der Waals surface area contributed by atoms with E-state index in [2.05, 4.69) is 38.8 Å². The zero-order valence-corrected chi connectivity index (χ0v) is 16.7. The molecule has 1 aliphatic carbocycles. The predicted molar refractivity (Wildman–Crippen MR) is 108 cm³/mol. The van der Waals surface area contributed by atoms with Crippen molar-refractivity contribution in [3.63, 3.8) is 0 Å². The van der Waals surface area contributed by atoms with E-state index in [1.807, 2.05) is 33.7 Å². The molecule has 2 aliphatic rings. The number of piperidine rings is 1. The number of carbonyl (C=O) groups excluding carboxylic acids is 1. The SMILES string of the molecule is CC(C)=CC1C(C(=O)N2CCC(n3c(=O)[nH]c4ccccc43)CC2)C1(C)C. The first kappa shape index (κ1) is 18.1. The fourth-order valence-electron chi connectivity index (χ4n) is 4.80. The topological polar surface area (TPSA) is 58.1 Å². The van der Waals surface area contributed by atoms with Gasteiger partial charge >= 0.3 is 5.69 Å². The highest BCUT2D eigenvalue weighted by Crippen LogP contribution is 2.60. The van der Waals surface area contributed by atoms with E-state index in [0.717, 1.165) is 37.0 Å². The number of amides is 1. The van der Waals surface area contributed by atoms with Crippen molar-refractivity contribution in [2.45, 2.75) is 46.6 Å². The number of carbonyl (C=O) groups is 1. The van der Waals surface area contributed by atoms with E-state index in [-0.39, 0.29) is 29.0 Å². The number of aromatic amines is 1. The highest BCUT2D eigenvalue weighted by atomic mass is 16.2. The minimum atomic E-state index is -0.0482. The third-order valence-electron chi connectivity index (χ3n) is 6.45. The van der Waals surface area contributed by atoms with Gasteiger partial charge in [-0.3, -0.25) is 9.36 Å². The first-order valence-electron chi connectivity index (χ1n) is 9.93. The van der Waals surface area contributed by atoms with Gasteiger partial charge in [-0.05, 0) is 50.2 Å². The molecule has 144 valence electrons. The largest absolute Gasteiger partial charge is 0.342 e. The second-order valence-corrected chi connectivity index (χ2v) is 8.94. The molecule has 1 amide bonds. The number of nitrogens with one attached hydrogen (secondary N) is 1. The third kappa shape index (κ3) is 3.03. The van der Waals surface area contributed by atoms with Crippen molar-refractivity contribution in [2.24, 2.45) is 17.3 Å². The van der Waals surface area contributed by atoms with E-state index in [1.165, 1.54) is 5.57 Å². The van der Waals surface area contributed by atoms with Crippen molar-refractivity contribution in [3.05, 3.63) is 46.4 Å². The van der Waals surface area contributed by atoms with Crippen LogP contribution < -0.4 is 5.69 Å². The van der Waals surface area contributed by atoms with Gasteiger partial charge in [0.25, 0.3) is 0 Å². The van der Waals surface area contributed by atoms with Gasteiger partial charge in [0, 0.05) is 19.1 Å². The van der Waals surface area contributed by atoms with E-state index in [0.29, 0.717) is 5.92 Å². The van der Waals surface area contributed by atoms with E-state index in [9.17, 15) is 9.59 Å². The summed E-state index contributed by atoms with van der Waals surface area (Å²) in [6.45, 7) is 10.0. The summed E-state index contributed by atoms with van der Waals surface area (Å²) in [5.74, 6) is 0.732. The van der Waals surface area contributed by atoms with Crippen molar-refractivity contribution >= 4 is 16.9 Å². The van der Waals surface area contributed by atoms with Crippen molar-refractivity contribution in [1.82, 2.24) is 14.5 Å². The molecule has 5 nitrogen and oxygen atoms in total. The van der Waals surface area contributed by atoms with Crippen LogP contribution in [0.5, 0.6) is 0 Å². The van der Waals surface area contributed by atoms with Crippen LogP contribution in [0.4, 0.5) is 0 Å². The Hall–Kier alpha value is -2.30. The molecule has 1 saturated heterocycles. The lowest BCUT2D eigenvalue weighted by molar-refractivity contribution is -0.134. The normalized spacial score (nSPS) is 24.8. The maximum atomic E-state index is 13.1. The van der Waals surface area contributed by atoms with Crippen LogP contribution in [-0.4, -0.2) is 33.4 Å². The molecule has 1 aromatic heterocycles. The molecule has 1 aromatic carbocycles. The van der Waals surface area contributed by atoms with Crippen molar-refractivity contribution in [2.75, 3.05) is 13.1 Å². The van der Waals surface area contributed by atoms with Crippen LogP contribution in [0.1, 0.15) is 46.6 Å². The summed E-state index contributed by atoms with van der Waals surface area (Å²) in [6.07, 6.45) is 3.91. The Morgan fingerprint density at radius 2 is 1.85 bits per heavy atom. The van der Waals surface area contributed by atoms with Gasteiger partial charge in [0.1, 0.15) is 0 Å². The zero-order valence-electron chi connectivity index (χ0n) is 16.7. The zero-order chi connectivity index (χ0) is 19.3. The van der Waals surface area contributed by atoms with Gasteiger partial charge in [-0.25, -0.2) is 4.79 Å². The molecule has 4 rings (SSSR count). The number of benzene rings is 1. The fourth-order valence-corrected chi connectivity index (χ4v) is 4.80. The predicted octanol–water partition coefficient (Wildman–Crippen LogP) is 3.73. The number of rotatable bonds is 3. The Balaban J connectivity index is 1.47. The van der Waals surface area contributed by atoms with Gasteiger partial charge in [-0.1, -0.05) is 37.6 Å². The van der Waals surface area contributed by atoms with Crippen molar-refractivity contribution in [3.8, 4) is 0 Å². The summed E-state index contributed by atoms with van der Waals surface area (Å²) in [5.41, 5.74) is 3.12. The Kier molecular flexibility index (Phi) is 4.28. The van der Waals surface area contributed by atoms with Gasteiger partial charge in [0.05, 0.1) is 17.0 Å². The van der Waals surface area contributed by atoms with Crippen LogP contribution >= 0.6 is 0 Å². The molecule has 1 saturated carbocycles. The van der Waals surface area contributed by atoms with Crippen LogP contribution in [0.3, 0.4) is 0 Å². The molecule has 2 atom stereocenters. The lowest BCUT2D eigenvalue weighted by Gasteiger charge is -2.33. The fraction of sp³-hybridized carbons (Fsp3) is 0.545. The minimum Gasteiger partial charge on any atom is -0.342 e. The minimum absolute atomic E-state index is 0.0482. The van der Waals surface area contributed by atoms with Crippen molar-refractivity contribution < 1.29 is 4.79 Å². The lowest BCUT2D eigenvalue weighted by atomic mass is 10.0. The standard InChI is InChI=1S/C22H29N3O2/c1-14(2)13-16-19(22(16,3)4)20(26)24-11-9-15(10-12-24)25-18-8-6-5-7-17(18)23-21(25)27/h5-8,13,15-16,19H,9-12H2,1-4H3,(H,23,27). The number of hydrogen-bond acceptors (Lipinski definition) is 2. The number of aromatic nitrogens is 2. The molecule has 5 heteroatoms. The molecule has 2 unspecified atom stereocenters. The first-order chi connectivity index (χ1) is 12.8. The second kappa shape index (κ2) is 6.39. The Bertz CT molecular complexity index is 953. The molecular weight excluding hydrogens is 338 g/mol. The molecule has 2 aromatic rings. The molecule has 1 aliphatic heterocycles. The van der Waals surface area contributed by atoms with Gasteiger partial charge in [0.2, 0.25) is 5.91 Å². The highest BCUT2D eigenvalue weighted by molar-refractivity contribution is 5.84. The maximum absolute atomic E-state index is 13.1. The Morgan fingerprint density at radius 1 is 1.19 bits per heavy atom. The monoisotopic (exact) mass is 367 g/mol. The summed E-state index contributed by atoms with van der Waals surface area (Å²) in [7, 11) is 0. The molecular formula is C22H29N3O2. The third-order valence-corrected chi connectivity index (χ3v) is 6.45. The van der Waals surface area contributed by atoms with Crippen molar-refractivity contribution in [1.29, 1.82) is 0 Å². The average molecular weight is 367 g/mol. The summed E-state index contributed by atoms with van der Waals surface area (Å²) >= 11 is 0. The molecule has 0 radical (unpaired) electrons. The summed E-state index contributed by atoms with van der Waals surface area (Å²) < 4.78 is 1.88. The summed E-state index contributed by atoms with van der Waals surface area (Å²) in [6, 6.07) is 7.97. The molecule has 0 spiro atoms. The smallest absolute Gasteiger partial charge is 0.326 e. The molecule has 1 N–H and O–H groups in total. The number of para-hydroxylation sites is 2. The number of hydrogen-bond donors (Lipinski definition) is 1. The van der Waals surface area contributed by atoms with E-state index in [4.69, 9.17) is 0 Å². The van der Waals surface area contributed by atoms with E-state index >= 15 is 0 Å². The lowest BCUT2D eigenvalue weighted by Crippen LogP contribution is -2.41. The van der Waals surface area contributed by atoms with Gasteiger partial charge in [-0.15, -0.1) is 0 Å². The van der Waals surface area contributed by atoms with E-state index in [1.54, 1.807) is 0 Å². The maximum Gasteiger partial charge on any atom is 0.326 e. The van der Waals surface area contributed by atoms with E-state index < -0.39 is 0 Å². The van der Waals surface area contributed by atoms with Crippen LogP contribution in [0, 0.1) is 17.3 Å². The highest BCUT2D eigenvalue weighted by Gasteiger charge is 2.61. The number of likely N-dealkylation sites (tertiary alicyclic amines) is 1.